The molecule has 0 spiro atoms. The Morgan fingerprint density at radius 2 is 1.30 bits per heavy atom. The second kappa shape index (κ2) is 5.40. The van der Waals surface area contributed by atoms with E-state index in [0.29, 0.717) is 0 Å². The van der Waals surface area contributed by atoms with E-state index >= 15 is 0 Å². The standard InChI is InChI=1S/C4H13N2O2P.K/c1-5(2)9(7,8)6(3)4;/h1-4H3,(H,7,8);/q;+1/p-1. The first-order valence-corrected chi connectivity index (χ1v) is 4.08. The third-order valence-electron chi connectivity index (χ3n) is 1.01. The Labute approximate surface area is 105 Å². The largest absolute Gasteiger partial charge is 1.00 e. The molecule has 0 amide bonds. The van der Waals surface area contributed by atoms with Crippen molar-refractivity contribution in [3.05, 3.63) is 0 Å². The zero-order chi connectivity index (χ0) is 7.65. The second-order valence-electron chi connectivity index (χ2n) is 2.19. The molecule has 0 aliphatic rings. The Bertz CT molecular complexity index is 127. The van der Waals surface area contributed by atoms with Gasteiger partial charge in [0.15, 0.2) is 0 Å². The fourth-order valence-electron chi connectivity index (χ4n) is 0.358. The van der Waals surface area contributed by atoms with Crippen LogP contribution < -0.4 is 56.3 Å². The average molecular weight is 190 g/mol. The van der Waals surface area contributed by atoms with Crippen LogP contribution >= 0.6 is 7.67 Å². The van der Waals surface area contributed by atoms with E-state index in [1.165, 1.54) is 37.5 Å². The van der Waals surface area contributed by atoms with E-state index in [1.54, 1.807) is 0 Å². The van der Waals surface area contributed by atoms with Crippen LogP contribution in [0.2, 0.25) is 0 Å². The molecule has 4 nitrogen and oxygen atoms in total. The molecule has 0 radical (unpaired) electrons. The van der Waals surface area contributed by atoms with Gasteiger partial charge in [-0.1, -0.05) is 0 Å². The van der Waals surface area contributed by atoms with Crippen LogP contribution in [0, 0.1) is 0 Å². The third kappa shape index (κ3) is 3.95. The van der Waals surface area contributed by atoms with Crippen LogP contribution in [-0.2, 0) is 4.57 Å². The molecular formula is C4H12KN2O2P. The molecule has 10 heavy (non-hydrogen) atoms. The van der Waals surface area contributed by atoms with Gasteiger partial charge in [0.2, 0.25) is 0 Å². The minimum Gasteiger partial charge on any atom is -0.776 e. The van der Waals surface area contributed by atoms with Crippen LogP contribution in [0.3, 0.4) is 0 Å². The Hall–Kier alpha value is 1.75. The van der Waals surface area contributed by atoms with Gasteiger partial charge in [0.25, 0.3) is 0 Å². The fourth-order valence-corrected chi connectivity index (χ4v) is 1.07. The minimum atomic E-state index is -3.42. The summed E-state index contributed by atoms with van der Waals surface area (Å²) in [4.78, 5) is 10.9. The summed E-state index contributed by atoms with van der Waals surface area (Å²) in [6.45, 7) is 0. The monoisotopic (exact) mass is 190 g/mol. The fraction of sp³-hybridized carbons (Fsp3) is 1.00. The van der Waals surface area contributed by atoms with Crippen LogP contribution in [0.5, 0.6) is 0 Å². The van der Waals surface area contributed by atoms with E-state index in [1.807, 2.05) is 0 Å². The zero-order valence-corrected chi connectivity index (χ0v) is 11.2. The van der Waals surface area contributed by atoms with Crippen LogP contribution in [0.4, 0.5) is 0 Å². The quantitative estimate of drug-likeness (QED) is 0.336. The molecule has 0 heterocycles. The number of hydrogen-bond donors (Lipinski definition) is 0. The molecule has 0 saturated heterocycles. The number of hydrogen-bond acceptors (Lipinski definition) is 2. The van der Waals surface area contributed by atoms with Crippen molar-refractivity contribution in [2.45, 2.75) is 0 Å². The molecule has 0 saturated carbocycles. The van der Waals surface area contributed by atoms with Gasteiger partial charge in [0.05, 0.1) is 0 Å². The van der Waals surface area contributed by atoms with Crippen molar-refractivity contribution in [1.82, 2.24) is 9.34 Å². The van der Waals surface area contributed by atoms with E-state index in [4.69, 9.17) is 0 Å². The third-order valence-corrected chi connectivity index (χ3v) is 3.03. The predicted molar refractivity (Wildman–Crippen MR) is 35.0 cm³/mol. The number of rotatable bonds is 2. The first-order chi connectivity index (χ1) is 3.89. The summed E-state index contributed by atoms with van der Waals surface area (Å²) < 4.78 is 13.3. The summed E-state index contributed by atoms with van der Waals surface area (Å²) in [7, 11) is 2.61. The molecule has 0 aliphatic heterocycles. The molecule has 0 rings (SSSR count). The average Bonchev–Trinajstić information content (AvgIpc) is 1.65. The molecule has 0 aromatic rings. The van der Waals surface area contributed by atoms with Crippen molar-refractivity contribution in [2.75, 3.05) is 28.2 Å². The Morgan fingerprint density at radius 3 is 1.30 bits per heavy atom. The van der Waals surface area contributed by atoms with Crippen LogP contribution in [0.1, 0.15) is 0 Å². The first-order valence-electron chi connectivity index (χ1n) is 2.55. The molecule has 0 aliphatic carbocycles. The van der Waals surface area contributed by atoms with Gasteiger partial charge in [-0.3, -0.25) is 9.34 Å². The van der Waals surface area contributed by atoms with Crippen molar-refractivity contribution in [3.8, 4) is 0 Å². The molecule has 0 aromatic carbocycles. The summed E-state index contributed by atoms with van der Waals surface area (Å²) in [6, 6.07) is 0. The van der Waals surface area contributed by atoms with E-state index in [-0.39, 0.29) is 51.4 Å². The Kier molecular flexibility index (Phi) is 7.71. The SMILES string of the molecule is CN(C)P(=O)([O-])N(C)C.[K+]. The second-order valence-corrected chi connectivity index (χ2v) is 4.77. The molecule has 0 aromatic heterocycles. The molecule has 56 valence electrons. The maximum Gasteiger partial charge on any atom is 1.00 e. The van der Waals surface area contributed by atoms with Crippen molar-refractivity contribution in [1.29, 1.82) is 0 Å². The zero-order valence-electron chi connectivity index (χ0n) is 7.16. The molecule has 0 fully saturated rings. The topological polar surface area (TPSA) is 46.6 Å². The van der Waals surface area contributed by atoms with Gasteiger partial charge in [-0.05, 0) is 28.2 Å². The van der Waals surface area contributed by atoms with Crippen LogP contribution in [-0.4, -0.2) is 37.5 Å². The van der Waals surface area contributed by atoms with Crippen LogP contribution in [0.15, 0.2) is 0 Å². The molecule has 0 bridgehead atoms. The maximum atomic E-state index is 10.9. The van der Waals surface area contributed by atoms with Crippen molar-refractivity contribution < 1.29 is 60.8 Å². The Balaban J connectivity index is 0. The minimum absolute atomic E-state index is 0. The maximum absolute atomic E-state index is 10.9. The first kappa shape index (κ1) is 14.3. The van der Waals surface area contributed by atoms with Gasteiger partial charge in [0, 0.05) is 0 Å². The summed E-state index contributed by atoms with van der Waals surface area (Å²) in [5.41, 5.74) is 0. The number of nitrogens with zero attached hydrogens (tertiary/aromatic N) is 2. The normalized spacial score (nSPS) is 11.9. The summed E-state index contributed by atoms with van der Waals surface area (Å²) >= 11 is 0. The van der Waals surface area contributed by atoms with Gasteiger partial charge < -0.3 is 9.46 Å². The van der Waals surface area contributed by atoms with Gasteiger partial charge in [-0.15, -0.1) is 0 Å². The smallest absolute Gasteiger partial charge is 0.776 e. The van der Waals surface area contributed by atoms with Gasteiger partial charge in [-0.2, -0.15) is 0 Å². The van der Waals surface area contributed by atoms with E-state index < -0.39 is 7.67 Å². The molecule has 6 heteroatoms. The molecule has 0 N–H and O–H groups in total. The molecule has 0 unspecified atom stereocenters. The van der Waals surface area contributed by atoms with Gasteiger partial charge in [0.1, 0.15) is 7.67 Å². The van der Waals surface area contributed by atoms with E-state index in [9.17, 15) is 9.46 Å². The molecule has 0 atom stereocenters. The van der Waals surface area contributed by atoms with Crippen molar-refractivity contribution in [2.24, 2.45) is 0 Å². The summed E-state index contributed by atoms with van der Waals surface area (Å²) in [5, 5.41) is 0. The van der Waals surface area contributed by atoms with Crippen LogP contribution in [0.25, 0.3) is 0 Å². The predicted octanol–water partition coefficient (Wildman–Crippen LogP) is -3.42. The summed E-state index contributed by atoms with van der Waals surface area (Å²) in [5.74, 6) is 0. The van der Waals surface area contributed by atoms with E-state index in [2.05, 4.69) is 0 Å². The van der Waals surface area contributed by atoms with Gasteiger partial charge in [-0.25, -0.2) is 0 Å². The Morgan fingerprint density at radius 1 is 1.10 bits per heavy atom. The van der Waals surface area contributed by atoms with Crippen molar-refractivity contribution >= 4 is 7.67 Å². The molecular weight excluding hydrogens is 178 g/mol. The van der Waals surface area contributed by atoms with Crippen molar-refractivity contribution in [3.63, 3.8) is 0 Å². The van der Waals surface area contributed by atoms with E-state index in [0.717, 1.165) is 0 Å². The summed E-state index contributed by atoms with van der Waals surface area (Å²) in [6.07, 6.45) is 0. The van der Waals surface area contributed by atoms with Gasteiger partial charge >= 0.3 is 51.4 Å².